The molecule has 1 amide bonds. The van der Waals surface area contributed by atoms with Gasteiger partial charge in [0.2, 0.25) is 5.95 Å². The number of ether oxygens (including phenoxy) is 1. The molecule has 0 spiro atoms. The molecule has 0 bridgehead atoms. The van der Waals surface area contributed by atoms with Crippen LogP contribution in [-0.4, -0.2) is 48.3 Å². The Kier molecular flexibility index (Phi) is 5.46. The van der Waals surface area contributed by atoms with E-state index in [2.05, 4.69) is 30.7 Å². The van der Waals surface area contributed by atoms with Crippen LogP contribution in [0.1, 0.15) is 40.0 Å². The van der Waals surface area contributed by atoms with Crippen molar-refractivity contribution in [2.75, 3.05) is 5.32 Å². The van der Waals surface area contributed by atoms with Gasteiger partial charge in [-0.15, -0.1) is 0 Å². The summed E-state index contributed by atoms with van der Waals surface area (Å²) in [5.41, 5.74) is 1.40. The van der Waals surface area contributed by atoms with E-state index >= 15 is 0 Å². The molecule has 10 heteroatoms. The maximum atomic E-state index is 12.0. The lowest BCUT2D eigenvalue weighted by Crippen LogP contribution is -2.38. The van der Waals surface area contributed by atoms with E-state index in [0.29, 0.717) is 28.0 Å². The van der Waals surface area contributed by atoms with Crippen molar-refractivity contribution in [1.29, 1.82) is 0 Å². The zero-order valence-corrected chi connectivity index (χ0v) is 17.8. The topological polar surface area (TPSA) is 106 Å². The van der Waals surface area contributed by atoms with Crippen LogP contribution in [0.15, 0.2) is 30.7 Å². The van der Waals surface area contributed by atoms with Crippen molar-refractivity contribution >= 4 is 29.3 Å². The number of carbonyl (C=O) groups is 1. The summed E-state index contributed by atoms with van der Waals surface area (Å²) in [4.78, 5) is 25.4. The predicted octanol–water partition coefficient (Wildman–Crippen LogP) is 3.70. The van der Waals surface area contributed by atoms with Gasteiger partial charge in [0.15, 0.2) is 5.65 Å². The van der Waals surface area contributed by atoms with E-state index < -0.39 is 5.60 Å². The number of nitrogens with one attached hydrogen (secondary N) is 2. The Morgan fingerprint density at radius 1 is 1.23 bits per heavy atom. The molecule has 0 unspecified atom stereocenters. The molecule has 0 saturated heterocycles. The maximum Gasteiger partial charge on any atom is 0.407 e. The highest BCUT2D eigenvalue weighted by molar-refractivity contribution is 6.32. The number of alkyl carbamates (subject to hydrolysis) is 1. The summed E-state index contributed by atoms with van der Waals surface area (Å²) < 4.78 is 7.01. The van der Waals surface area contributed by atoms with E-state index in [1.807, 2.05) is 39.1 Å². The number of rotatable bonds is 4. The van der Waals surface area contributed by atoms with Crippen molar-refractivity contribution in [2.24, 2.45) is 0 Å². The minimum atomic E-state index is -0.512. The van der Waals surface area contributed by atoms with Crippen LogP contribution in [0.5, 0.6) is 0 Å². The molecule has 4 rings (SSSR count). The Labute approximate surface area is 179 Å². The molecule has 2 atom stereocenters. The standard InChI is InChI=1S/C20H24ClN7O2/c1-20(2,3)30-19(29)25-13-5-4-12(10-13)24-18-22-11-14(21)17(27-18)15-7-9-28-16(26-15)6-8-23-28/h6-9,11-13H,4-5,10H2,1-3H3,(H,25,29)(H,22,24,27)/t12-,13-/m0/s1. The van der Waals surface area contributed by atoms with Crippen molar-refractivity contribution in [3.63, 3.8) is 0 Å². The molecule has 1 aliphatic carbocycles. The third-order valence-electron chi connectivity index (χ3n) is 4.73. The molecule has 0 aromatic carbocycles. The molecule has 0 aliphatic heterocycles. The molecular weight excluding hydrogens is 406 g/mol. The number of nitrogens with zero attached hydrogens (tertiary/aromatic N) is 5. The van der Waals surface area contributed by atoms with Gasteiger partial charge in [0.25, 0.3) is 0 Å². The summed E-state index contributed by atoms with van der Waals surface area (Å²) in [5, 5.41) is 10.8. The van der Waals surface area contributed by atoms with Gasteiger partial charge in [-0.1, -0.05) is 11.6 Å². The van der Waals surface area contributed by atoms with Gasteiger partial charge in [0.1, 0.15) is 11.3 Å². The van der Waals surface area contributed by atoms with Crippen LogP contribution in [0.3, 0.4) is 0 Å². The van der Waals surface area contributed by atoms with Crippen molar-refractivity contribution < 1.29 is 9.53 Å². The Bertz CT molecular complexity index is 1060. The van der Waals surface area contributed by atoms with Crippen molar-refractivity contribution in [3.05, 3.63) is 35.7 Å². The Hall–Kier alpha value is -2.94. The Morgan fingerprint density at radius 3 is 2.83 bits per heavy atom. The molecule has 9 nitrogen and oxygen atoms in total. The average molecular weight is 430 g/mol. The third-order valence-corrected chi connectivity index (χ3v) is 5.01. The van der Waals surface area contributed by atoms with Crippen LogP contribution in [-0.2, 0) is 4.74 Å². The quantitative estimate of drug-likeness (QED) is 0.651. The normalized spacial score (nSPS) is 19.1. The van der Waals surface area contributed by atoms with E-state index in [4.69, 9.17) is 16.3 Å². The summed E-state index contributed by atoms with van der Waals surface area (Å²) in [6, 6.07) is 3.82. The number of amides is 1. The van der Waals surface area contributed by atoms with Gasteiger partial charge in [-0.05, 0) is 46.1 Å². The first-order valence-corrected chi connectivity index (χ1v) is 10.2. The van der Waals surface area contributed by atoms with Gasteiger partial charge in [-0.3, -0.25) is 0 Å². The fourth-order valence-corrected chi connectivity index (χ4v) is 3.65. The predicted molar refractivity (Wildman–Crippen MR) is 113 cm³/mol. The first-order valence-electron chi connectivity index (χ1n) is 9.86. The fraction of sp³-hybridized carbons (Fsp3) is 0.450. The van der Waals surface area contributed by atoms with E-state index in [0.717, 1.165) is 19.3 Å². The Balaban J connectivity index is 1.42. The SMILES string of the molecule is CC(C)(C)OC(=O)N[C@H]1CC[C@H](Nc2ncc(Cl)c(-c3ccn4nccc4n3)n2)C1. The molecule has 158 valence electrons. The summed E-state index contributed by atoms with van der Waals surface area (Å²) >= 11 is 6.33. The second-order valence-electron chi connectivity index (χ2n) is 8.33. The van der Waals surface area contributed by atoms with Crippen LogP contribution in [0.2, 0.25) is 5.02 Å². The third kappa shape index (κ3) is 4.79. The van der Waals surface area contributed by atoms with Crippen LogP contribution < -0.4 is 10.6 Å². The van der Waals surface area contributed by atoms with Crippen LogP contribution in [0.25, 0.3) is 17.0 Å². The molecule has 3 aromatic rings. The second kappa shape index (κ2) is 8.06. The molecule has 3 aromatic heterocycles. The Morgan fingerprint density at radius 2 is 2.03 bits per heavy atom. The highest BCUT2D eigenvalue weighted by Crippen LogP contribution is 2.27. The zero-order valence-electron chi connectivity index (χ0n) is 17.1. The largest absolute Gasteiger partial charge is 0.444 e. The molecule has 1 fully saturated rings. The fourth-order valence-electron chi connectivity index (χ4n) is 3.46. The number of fused-ring (bicyclic) bond motifs is 1. The number of hydrogen-bond donors (Lipinski definition) is 2. The maximum absolute atomic E-state index is 12.0. The molecule has 3 heterocycles. The lowest BCUT2D eigenvalue weighted by atomic mass is 10.2. The monoisotopic (exact) mass is 429 g/mol. The van der Waals surface area contributed by atoms with Crippen molar-refractivity contribution in [1.82, 2.24) is 29.9 Å². The van der Waals surface area contributed by atoms with Crippen LogP contribution in [0, 0.1) is 0 Å². The number of carbonyl (C=O) groups excluding carboxylic acids is 1. The minimum absolute atomic E-state index is 0.0510. The second-order valence-corrected chi connectivity index (χ2v) is 8.74. The molecule has 1 aliphatic rings. The highest BCUT2D eigenvalue weighted by atomic mass is 35.5. The van der Waals surface area contributed by atoms with Gasteiger partial charge < -0.3 is 15.4 Å². The number of anilines is 1. The van der Waals surface area contributed by atoms with Gasteiger partial charge in [0, 0.05) is 24.3 Å². The summed E-state index contributed by atoms with van der Waals surface area (Å²) in [6.07, 6.45) is 7.19. The van der Waals surface area contributed by atoms with E-state index in [1.165, 1.54) is 0 Å². The summed E-state index contributed by atoms with van der Waals surface area (Å²) in [6.45, 7) is 5.54. The van der Waals surface area contributed by atoms with Gasteiger partial charge in [0.05, 0.1) is 23.1 Å². The van der Waals surface area contributed by atoms with Crippen molar-refractivity contribution in [2.45, 2.75) is 57.7 Å². The zero-order chi connectivity index (χ0) is 21.3. The summed E-state index contributed by atoms with van der Waals surface area (Å²) in [7, 11) is 0. The lowest BCUT2D eigenvalue weighted by Gasteiger charge is -2.21. The van der Waals surface area contributed by atoms with Crippen LogP contribution >= 0.6 is 11.6 Å². The highest BCUT2D eigenvalue weighted by Gasteiger charge is 2.28. The number of aromatic nitrogens is 5. The van der Waals surface area contributed by atoms with Gasteiger partial charge in [-0.2, -0.15) is 5.10 Å². The number of hydrogen-bond acceptors (Lipinski definition) is 7. The summed E-state index contributed by atoms with van der Waals surface area (Å²) in [5.74, 6) is 0.479. The molecule has 1 saturated carbocycles. The van der Waals surface area contributed by atoms with Crippen LogP contribution in [0.4, 0.5) is 10.7 Å². The van der Waals surface area contributed by atoms with E-state index in [-0.39, 0.29) is 18.2 Å². The molecule has 2 N–H and O–H groups in total. The number of halogens is 1. The minimum Gasteiger partial charge on any atom is -0.444 e. The van der Waals surface area contributed by atoms with Crippen molar-refractivity contribution in [3.8, 4) is 11.4 Å². The van der Waals surface area contributed by atoms with Gasteiger partial charge >= 0.3 is 6.09 Å². The molecule has 30 heavy (non-hydrogen) atoms. The van der Waals surface area contributed by atoms with E-state index in [1.54, 1.807) is 16.9 Å². The van der Waals surface area contributed by atoms with E-state index in [9.17, 15) is 4.79 Å². The first-order chi connectivity index (χ1) is 14.3. The lowest BCUT2D eigenvalue weighted by molar-refractivity contribution is 0.0505. The smallest absolute Gasteiger partial charge is 0.407 e. The van der Waals surface area contributed by atoms with Gasteiger partial charge in [-0.25, -0.2) is 24.3 Å². The molecular formula is C20H24ClN7O2. The average Bonchev–Trinajstić information content (AvgIpc) is 3.30. The first kappa shape index (κ1) is 20.3. The molecule has 0 radical (unpaired) electrons.